The number of aldehydes is 1. The maximum Gasteiger partial charge on any atom is 0.121 e. The summed E-state index contributed by atoms with van der Waals surface area (Å²) in [5, 5.41) is 8.83. The molecule has 60 valence electrons. The quantitative estimate of drug-likeness (QED) is 0.538. The summed E-state index contributed by atoms with van der Waals surface area (Å²) in [5.74, 6) is 0. The van der Waals surface area contributed by atoms with Crippen LogP contribution in [-0.2, 0) is 4.79 Å². The lowest BCUT2D eigenvalue weighted by atomic mass is 10.1. The highest BCUT2D eigenvalue weighted by Gasteiger charge is 2.02. The summed E-state index contributed by atoms with van der Waals surface area (Å²) in [6, 6.07) is -0.0768. The van der Waals surface area contributed by atoms with E-state index < -0.39 is 0 Å². The third-order valence-corrected chi connectivity index (χ3v) is 1.35. The molecule has 0 aromatic heterocycles. The number of hydrogen-bond acceptors (Lipinski definition) is 3. The molecule has 0 aromatic carbocycles. The summed E-state index contributed by atoms with van der Waals surface area (Å²) < 4.78 is 0. The van der Waals surface area contributed by atoms with Gasteiger partial charge in [-0.25, -0.2) is 0 Å². The van der Waals surface area contributed by atoms with Crippen LogP contribution in [0.1, 0.15) is 26.2 Å². The number of rotatable bonds is 5. The van der Waals surface area contributed by atoms with Crippen LogP contribution >= 0.6 is 0 Å². The van der Waals surface area contributed by atoms with E-state index in [1.54, 1.807) is 6.92 Å². The zero-order valence-electron chi connectivity index (χ0n) is 6.29. The fourth-order valence-electron chi connectivity index (χ4n) is 0.697. The Morgan fingerprint density at radius 2 is 2.20 bits per heavy atom. The van der Waals surface area contributed by atoms with E-state index in [0.29, 0.717) is 12.8 Å². The second-order valence-corrected chi connectivity index (χ2v) is 2.59. The van der Waals surface area contributed by atoms with E-state index in [1.165, 1.54) is 0 Å². The van der Waals surface area contributed by atoms with Gasteiger partial charge in [0.15, 0.2) is 0 Å². The van der Waals surface area contributed by atoms with Crippen LogP contribution in [0.3, 0.4) is 0 Å². The van der Waals surface area contributed by atoms with Crippen molar-refractivity contribution >= 4 is 6.29 Å². The molecule has 0 saturated carbocycles. The predicted octanol–water partition coefficient (Wildman–Crippen LogP) is 0.0637. The molecule has 0 spiro atoms. The van der Waals surface area contributed by atoms with Gasteiger partial charge in [-0.1, -0.05) is 0 Å². The summed E-state index contributed by atoms with van der Waals surface area (Å²) >= 11 is 0. The first kappa shape index (κ1) is 9.59. The standard InChI is InChI=1S/C7H15NO2/c1-6(10)2-3-7(8)4-5-9/h5-7,10H,2-4,8H2,1H3. The Hall–Kier alpha value is -0.410. The minimum atomic E-state index is -0.308. The van der Waals surface area contributed by atoms with Crippen molar-refractivity contribution in [1.29, 1.82) is 0 Å². The molecule has 0 amide bonds. The largest absolute Gasteiger partial charge is 0.393 e. The van der Waals surface area contributed by atoms with Crippen LogP contribution in [0.4, 0.5) is 0 Å². The zero-order chi connectivity index (χ0) is 7.98. The number of carbonyl (C=O) groups is 1. The van der Waals surface area contributed by atoms with E-state index in [4.69, 9.17) is 10.8 Å². The van der Waals surface area contributed by atoms with Crippen molar-refractivity contribution in [3.05, 3.63) is 0 Å². The Balaban J connectivity index is 3.20. The lowest BCUT2D eigenvalue weighted by Gasteiger charge is -2.08. The van der Waals surface area contributed by atoms with Gasteiger partial charge in [-0.3, -0.25) is 0 Å². The Labute approximate surface area is 61.2 Å². The van der Waals surface area contributed by atoms with Gasteiger partial charge in [-0.2, -0.15) is 0 Å². The molecule has 0 aromatic rings. The SMILES string of the molecule is CC(O)CCC(N)CC=O. The number of hydrogen-bond donors (Lipinski definition) is 2. The zero-order valence-corrected chi connectivity index (χ0v) is 6.29. The number of aliphatic hydroxyl groups is 1. The molecule has 0 fully saturated rings. The van der Waals surface area contributed by atoms with Crippen LogP contribution in [0.5, 0.6) is 0 Å². The molecule has 0 aliphatic heterocycles. The first-order valence-electron chi connectivity index (χ1n) is 3.54. The van der Waals surface area contributed by atoms with Crippen LogP contribution in [0.2, 0.25) is 0 Å². The molecule has 0 aliphatic rings. The monoisotopic (exact) mass is 145 g/mol. The maximum atomic E-state index is 9.92. The third-order valence-electron chi connectivity index (χ3n) is 1.35. The first-order valence-corrected chi connectivity index (χ1v) is 3.54. The van der Waals surface area contributed by atoms with E-state index in [1.807, 2.05) is 0 Å². The van der Waals surface area contributed by atoms with Crippen molar-refractivity contribution < 1.29 is 9.90 Å². The highest BCUT2D eigenvalue weighted by Crippen LogP contribution is 2.00. The minimum Gasteiger partial charge on any atom is -0.393 e. The maximum absolute atomic E-state index is 9.92. The lowest BCUT2D eigenvalue weighted by Crippen LogP contribution is -2.21. The summed E-state index contributed by atoms with van der Waals surface area (Å²) in [6.07, 6.45) is 2.29. The topological polar surface area (TPSA) is 63.3 Å². The molecule has 2 atom stereocenters. The third kappa shape index (κ3) is 5.72. The van der Waals surface area contributed by atoms with Gasteiger partial charge in [-0.15, -0.1) is 0 Å². The lowest BCUT2D eigenvalue weighted by molar-refractivity contribution is -0.108. The minimum absolute atomic E-state index is 0.0768. The fraction of sp³-hybridized carbons (Fsp3) is 0.857. The van der Waals surface area contributed by atoms with Crippen molar-refractivity contribution in [2.75, 3.05) is 0 Å². The smallest absolute Gasteiger partial charge is 0.121 e. The van der Waals surface area contributed by atoms with E-state index >= 15 is 0 Å². The predicted molar refractivity (Wildman–Crippen MR) is 39.6 cm³/mol. The molecule has 0 saturated heterocycles. The van der Waals surface area contributed by atoms with E-state index in [-0.39, 0.29) is 12.1 Å². The van der Waals surface area contributed by atoms with Crippen LogP contribution < -0.4 is 5.73 Å². The molecule has 0 aliphatic carbocycles. The van der Waals surface area contributed by atoms with Crippen LogP contribution in [0, 0.1) is 0 Å². The van der Waals surface area contributed by atoms with Gasteiger partial charge in [0.2, 0.25) is 0 Å². The van der Waals surface area contributed by atoms with Gasteiger partial charge in [0, 0.05) is 12.5 Å². The van der Waals surface area contributed by atoms with E-state index in [2.05, 4.69) is 0 Å². The van der Waals surface area contributed by atoms with Gasteiger partial charge in [0.1, 0.15) is 6.29 Å². The van der Waals surface area contributed by atoms with Crippen LogP contribution in [0.15, 0.2) is 0 Å². The molecule has 3 N–H and O–H groups in total. The molecule has 3 heteroatoms. The Morgan fingerprint density at radius 3 is 2.60 bits per heavy atom. The Morgan fingerprint density at radius 1 is 1.60 bits per heavy atom. The highest BCUT2D eigenvalue weighted by molar-refractivity contribution is 5.50. The molecule has 0 bridgehead atoms. The highest BCUT2D eigenvalue weighted by atomic mass is 16.3. The van der Waals surface area contributed by atoms with Crippen LogP contribution in [0.25, 0.3) is 0 Å². The van der Waals surface area contributed by atoms with Crippen molar-refractivity contribution in [2.24, 2.45) is 5.73 Å². The van der Waals surface area contributed by atoms with Gasteiger partial charge in [0.25, 0.3) is 0 Å². The molecular weight excluding hydrogens is 130 g/mol. The first-order chi connectivity index (χ1) is 4.66. The number of carbonyl (C=O) groups excluding carboxylic acids is 1. The number of aliphatic hydroxyl groups excluding tert-OH is 1. The molecule has 0 radical (unpaired) electrons. The summed E-state index contributed by atoms with van der Waals surface area (Å²) in [4.78, 5) is 9.92. The van der Waals surface area contributed by atoms with E-state index in [0.717, 1.165) is 12.7 Å². The second kappa shape index (κ2) is 5.38. The second-order valence-electron chi connectivity index (χ2n) is 2.59. The van der Waals surface area contributed by atoms with Crippen molar-refractivity contribution in [1.82, 2.24) is 0 Å². The summed E-state index contributed by atoms with van der Waals surface area (Å²) in [5.41, 5.74) is 5.49. The average Bonchev–Trinajstić information content (AvgIpc) is 1.85. The van der Waals surface area contributed by atoms with Gasteiger partial charge in [0.05, 0.1) is 6.10 Å². The van der Waals surface area contributed by atoms with Gasteiger partial charge >= 0.3 is 0 Å². The van der Waals surface area contributed by atoms with E-state index in [9.17, 15) is 4.79 Å². The molecule has 0 heterocycles. The van der Waals surface area contributed by atoms with Crippen molar-refractivity contribution in [3.8, 4) is 0 Å². The van der Waals surface area contributed by atoms with Gasteiger partial charge in [-0.05, 0) is 19.8 Å². The Kier molecular flexibility index (Phi) is 5.16. The average molecular weight is 145 g/mol. The van der Waals surface area contributed by atoms with Crippen molar-refractivity contribution in [2.45, 2.75) is 38.3 Å². The van der Waals surface area contributed by atoms with Gasteiger partial charge < -0.3 is 15.6 Å². The van der Waals surface area contributed by atoms with Crippen molar-refractivity contribution in [3.63, 3.8) is 0 Å². The normalized spacial score (nSPS) is 16.3. The number of nitrogens with two attached hydrogens (primary N) is 1. The summed E-state index contributed by atoms with van der Waals surface area (Å²) in [6.45, 7) is 1.72. The molecule has 3 nitrogen and oxygen atoms in total. The summed E-state index contributed by atoms with van der Waals surface area (Å²) in [7, 11) is 0. The van der Waals surface area contributed by atoms with Crippen LogP contribution in [-0.4, -0.2) is 23.5 Å². The molecule has 10 heavy (non-hydrogen) atoms. The fourth-order valence-corrected chi connectivity index (χ4v) is 0.697. The Bertz CT molecular complexity index is 93.6. The molecular formula is C7H15NO2. The molecule has 2 unspecified atom stereocenters. The molecule has 0 rings (SSSR count).